The molecule has 3 nitrogen and oxygen atoms in total. The van der Waals surface area contributed by atoms with E-state index in [-0.39, 0.29) is 0 Å². The molecular weight excluding hydrogens is 222 g/mol. The van der Waals surface area contributed by atoms with Crippen molar-refractivity contribution in [1.82, 2.24) is 9.78 Å². The summed E-state index contributed by atoms with van der Waals surface area (Å²) in [5.74, 6) is 0. The van der Waals surface area contributed by atoms with Crippen LogP contribution in [0.4, 0.5) is 0 Å². The van der Waals surface area contributed by atoms with Crippen LogP contribution < -0.4 is 0 Å². The van der Waals surface area contributed by atoms with Gasteiger partial charge in [0.15, 0.2) is 0 Å². The fourth-order valence-electron chi connectivity index (χ4n) is 2.22. The quantitative estimate of drug-likeness (QED) is 0.586. The Hall–Kier alpha value is -1.30. The Labute approximate surface area is 111 Å². The van der Waals surface area contributed by atoms with E-state index < -0.39 is 0 Å². The molecule has 0 bridgehead atoms. The third-order valence-corrected chi connectivity index (χ3v) is 3.39. The highest BCUT2D eigenvalue weighted by molar-refractivity contribution is 4.99. The Morgan fingerprint density at radius 1 is 1.06 bits per heavy atom. The number of unbranched alkanes of at least 4 members (excludes halogenated alkanes) is 8. The first-order chi connectivity index (χ1) is 8.84. The molecular formula is C15H25N3. The lowest BCUT2D eigenvalue weighted by molar-refractivity contribution is 0.564. The van der Waals surface area contributed by atoms with Crippen LogP contribution in [0.25, 0.3) is 0 Å². The third kappa shape index (κ3) is 6.44. The molecule has 0 unspecified atom stereocenters. The van der Waals surface area contributed by atoms with Crippen LogP contribution in [0.15, 0.2) is 12.3 Å². The molecule has 0 fully saturated rings. The Balaban J connectivity index is 1.85. The van der Waals surface area contributed by atoms with Crippen molar-refractivity contribution in [1.29, 1.82) is 5.26 Å². The summed E-state index contributed by atoms with van der Waals surface area (Å²) in [5, 5.41) is 12.6. The van der Waals surface area contributed by atoms with Crippen LogP contribution in [-0.4, -0.2) is 9.78 Å². The molecule has 0 aliphatic rings. The Morgan fingerprint density at radius 2 is 1.67 bits per heavy atom. The van der Waals surface area contributed by atoms with Crippen LogP contribution in [0.2, 0.25) is 0 Å². The van der Waals surface area contributed by atoms with E-state index >= 15 is 0 Å². The molecule has 0 aliphatic carbocycles. The lowest BCUT2D eigenvalue weighted by Crippen LogP contribution is -1.97. The number of nitrogens with zero attached hydrogens (tertiary/aromatic N) is 3. The van der Waals surface area contributed by atoms with Crippen molar-refractivity contribution in [2.75, 3.05) is 0 Å². The molecule has 0 N–H and O–H groups in total. The van der Waals surface area contributed by atoms with Crippen molar-refractivity contribution < 1.29 is 0 Å². The molecule has 18 heavy (non-hydrogen) atoms. The summed E-state index contributed by atoms with van der Waals surface area (Å²) in [6, 6.07) is 4.30. The van der Waals surface area contributed by atoms with Crippen LogP contribution in [0.3, 0.4) is 0 Å². The van der Waals surface area contributed by atoms with Gasteiger partial charge in [0, 0.05) is 25.4 Å². The zero-order valence-electron chi connectivity index (χ0n) is 11.6. The summed E-state index contributed by atoms with van der Waals surface area (Å²) in [6.07, 6.45) is 14.0. The van der Waals surface area contributed by atoms with Gasteiger partial charge in [-0.2, -0.15) is 10.4 Å². The van der Waals surface area contributed by atoms with Crippen molar-refractivity contribution in [3.05, 3.63) is 18.0 Å². The largest absolute Gasteiger partial charge is 0.273 e. The van der Waals surface area contributed by atoms with Gasteiger partial charge in [0.1, 0.15) is 0 Å². The van der Waals surface area contributed by atoms with Gasteiger partial charge in [-0.3, -0.25) is 4.68 Å². The molecule has 0 aromatic carbocycles. The van der Waals surface area contributed by atoms with Crippen molar-refractivity contribution in [2.45, 2.75) is 64.2 Å². The number of aryl methyl sites for hydroxylation is 2. The molecule has 0 amide bonds. The molecule has 0 radical (unpaired) electrons. The number of rotatable bonds is 10. The van der Waals surface area contributed by atoms with Gasteiger partial charge in [-0.15, -0.1) is 0 Å². The number of nitriles is 1. The maximum Gasteiger partial charge on any atom is 0.0621 e. The second-order valence-electron chi connectivity index (χ2n) is 4.93. The normalized spacial score (nSPS) is 10.4. The zero-order valence-corrected chi connectivity index (χ0v) is 11.6. The summed E-state index contributed by atoms with van der Waals surface area (Å²) >= 11 is 0. The van der Waals surface area contributed by atoms with Gasteiger partial charge in [0.25, 0.3) is 0 Å². The maximum absolute atomic E-state index is 8.41. The second kappa shape index (κ2) is 9.70. The number of hydrogen-bond donors (Lipinski definition) is 0. The molecule has 1 aromatic rings. The summed E-state index contributed by atoms with van der Waals surface area (Å²) < 4.78 is 1.97. The molecule has 1 aromatic heterocycles. The number of hydrogen-bond acceptors (Lipinski definition) is 2. The van der Waals surface area contributed by atoms with E-state index in [0.29, 0.717) is 0 Å². The monoisotopic (exact) mass is 247 g/mol. The topological polar surface area (TPSA) is 41.6 Å². The lowest BCUT2D eigenvalue weighted by atomic mass is 10.1. The summed E-state index contributed by atoms with van der Waals surface area (Å²) in [7, 11) is 2.01. The minimum Gasteiger partial charge on any atom is -0.273 e. The average Bonchev–Trinajstić information content (AvgIpc) is 2.77. The van der Waals surface area contributed by atoms with Crippen LogP contribution in [-0.2, 0) is 13.5 Å². The molecule has 0 saturated carbocycles. The molecule has 0 atom stereocenters. The van der Waals surface area contributed by atoms with E-state index in [2.05, 4.69) is 17.2 Å². The van der Waals surface area contributed by atoms with Crippen molar-refractivity contribution in [3.63, 3.8) is 0 Å². The molecule has 0 aliphatic heterocycles. The minimum atomic E-state index is 0.727. The second-order valence-corrected chi connectivity index (χ2v) is 4.93. The smallest absolute Gasteiger partial charge is 0.0621 e. The van der Waals surface area contributed by atoms with Gasteiger partial charge in [0.05, 0.1) is 6.07 Å². The predicted molar refractivity (Wildman–Crippen MR) is 74.1 cm³/mol. The Kier molecular flexibility index (Phi) is 7.96. The molecule has 100 valence electrons. The summed E-state index contributed by atoms with van der Waals surface area (Å²) in [4.78, 5) is 0. The highest BCUT2D eigenvalue weighted by Crippen LogP contribution is 2.11. The molecule has 0 spiro atoms. The predicted octanol–water partition coefficient (Wildman–Crippen LogP) is 4.00. The average molecular weight is 247 g/mol. The Morgan fingerprint density at radius 3 is 2.22 bits per heavy atom. The van der Waals surface area contributed by atoms with Crippen LogP contribution in [0.1, 0.15) is 63.5 Å². The van der Waals surface area contributed by atoms with Gasteiger partial charge < -0.3 is 0 Å². The van der Waals surface area contributed by atoms with Gasteiger partial charge >= 0.3 is 0 Å². The maximum atomic E-state index is 8.41. The van der Waals surface area contributed by atoms with E-state index in [1.807, 2.05) is 17.9 Å². The molecule has 1 rings (SSSR count). The van der Waals surface area contributed by atoms with Gasteiger partial charge in [0.2, 0.25) is 0 Å². The first kappa shape index (κ1) is 14.8. The minimum absolute atomic E-state index is 0.727. The van der Waals surface area contributed by atoms with Gasteiger partial charge in [-0.1, -0.05) is 38.5 Å². The van der Waals surface area contributed by atoms with Crippen LogP contribution >= 0.6 is 0 Å². The molecule has 1 heterocycles. The highest BCUT2D eigenvalue weighted by atomic mass is 15.2. The zero-order chi connectivity index (χ0) is 13.1. The SMILES string of the molecule is Cn1nccc1CCCCCCCCCCC#N. The lowest BCUT2D eigenvalue weighted by Gasteiger charge is -2.03. The van der Waals surface area contributed by atoms with Crippen molar-refractivity contribution in [3.8, 4) is 6.07 Å². The van der Waals surface area contributed by atoms with Crippen LogP contribution in [0, 0.1) is 11.3 Å². The van der Waals surface area contributed by atoms with E-state index in [9.17, 15) is 0 Å². The van der Waals surface area contributed by atoms with Crippen LogP contribution in [0.5, 0.6) is 0 Å². The third-order valence-electron chi connectivity index (χ3n) is 3.39. The van der Waals surface area contributed by atoms with Crippen molar-refractivity contribution in [2.24, 2.45) is 7.05 Å². The van der Waals surface area contributed by atoms with E-state index in [0.717, 1.165) is 19.3 Å². The fraction of sp³-hybridized carbons (Fsp3) is 0.733. The fourth-order valence-corrected chi connectivity index (χ4v) is 2.22. The highest BCUT2D eigenvalue weighted by Gasteiger charge is 1.98. The first-order valence-corrected chi connectivity index (χ1v) is 7.18. The number of aromatic nitrogens is 2. The summed E-state index contributed by atoms with van der Waals surface area (Å²) in [5.41, 5.74) is 1.34. The van der Waals surface area contributed by atoms with E-state index in [1.165, 1.54) is 50.6 Å². The van der Waals surface area contributed by atoms with E-state index in [4.69, 9.17) is 5.26 Å². The van der Waals surface area contributed by atoms with Gasteiger partial charge in [-0.05, 0) is 25.3 Å². The molecule has 0 saturated heterocycles. The van der Waals surface area contributed by atoms with E-state index in [1.54, 1.807) is 0 Å². The Bertz CT molecular complexity index is 349. The summed E-state index contributed by atoms with van der Waals surface area (Å²) in [6.45, 7) is 0. The van der Waals surface area contributed by atoms with Gasteiger partial charge in [-0.25, -0.2) is 0 Å². The molecule has 3 heteroatoms. The standard InChI is InChI=1S/C15H25N3/c1-18-15(12-14-17-18)11-9-7-5-3-2-4-6-8-10-13-16/h12,14H,2-11H2,1H3. The van der Waals surface area contributed by atoms with Crippen molar-refractivity contribution >= 4 is 0 Å². The first-order valence-electron chi connectivity index (χ1n) is 7.18.